The van der Waals surface area contributed by atoms with Crippen LogP contribution in [-0.2, 0) is 9.53 Å². The van der Waals surface area contributed by atoms with Gasteiger partial charge in [0.05, 0.1) is 7.11 Å². The van der Waals surface area contributed by atoms with Gasteiger partial charge in [-0.3, -0.25) is 0 Å². The van der Waals surface area contributed by atoms with Gasteiger partial charge in [0.25, 0.3) is 0 Å². The minimum atomic E-state index is -2.57. The van der Waals surface area contributed by atoms with Crippen LogP contribution in [0, 0.1) is 0 Å². The molecule has 48 valence electrons. The monoisotopic (exact) mass is 204 g/mol. The molecule has 5 heteroatoms. The molecule has 1 atom stereocenters. The van der Waals surface area contributed by atoms with Crippen molar-refractivity contribution >= 4 is 33.5 Å². The van der Waals surface area contributed by atoms with Gasteiger partial charge in [-0.25, -0.2) is 9.18 Å². The summed E-state index contributed by atoms with van der Waals surface area (Å²) in [6, 6.07) is 0. The van der Waals surface area contributed by atoms with E-state index in [1.54, 1.807) is 0 Å². The SMILES string of the molecule is COC(=O)[C@@](F)(Cl)Br. The van der Waals surface area contributed by atoms with Crippen molar-refractivity contribution in [2.75, 3.05) is 7.11 Å². The molecule has 0 aliphatic rings. The third-order valence-electron chi connectivity index (χ3n) is 0.417. The van der Waals surface area contributed by atoms with Gasteiger partial charge in [-0.1, -0.05) is 11.6 Å². The molecule has 0 saturated heterocycles. The van der Waals surface area contributed by atoms with E-state index in [0.717, 1.165) is 7.11 Å². The van der Waals surface area contributed by atoms with Gasteiger partial charge in [-0.05, 0) is 15.9 Å². The van der Waals surface area contributed by atoms with Crippen molar-refractivity contribution in [3.05, 3.63) is 0 Å². The molecule has 0 saturated carbocycles. The molecule has 0 aromatic carbocycles. The summed E-state index contributed by atoms with van der Waals surface area (Å²) in [7, 11) is 1.04. The molecule has 0 aliphatic heterocycles. The molecule has 0 rings (SSSR count). The number of hydrogen-bond donors (Lipinski definition) is 0. The molecule has 0 bridgehead atoms. The number of esters is 1. The number of rotatable bonds is 1. The average Bonchev–Trinajstić information content (AvgIpc) is 1.62. The van der Waals surface area contributed by atoms with Gasteiger partial charge >= 0.3 is 10.0 Å². The van der Waals surface area contributed by atoms with Crippen LogP contribution in [0.2, 0.25) is 0 Å². The lowest BCUT2D eigenvalue weighted by atomic mass is 10.8. The van der Waals surface area contributed by atoms with Crippen LogP contribution in [0.4, 0.5) is 4.39 Å². The lowest BCUT2D eigenvalue weighted by Crippen LogP contribution is -2.20. The lowest BCUT2D eigenvalue weighted by Gasteiger charge is -2.03. The summed E-state index contributed by atoms with van der Waals surface area (Å²) in [6.07, 6.45) is 0. The predicted octanol–water partition coefficient (Wildman–Crippen LogP) is 1.42. The molecular formula is C3H3BrClFO2. The summed E-state index contributed by atoms with van der Waals surface area (Å²) >= 11 is 6.99. The van der Waals surface area contributed by atoms with Gasteiger partial charge < -0.3 is 4.74 Å². The van der Waals surface area contributed by atoms with Crippen molar-refractivity contribution in [3.8, 4) is 0 Å². The Balaban J connectivity index is 3.82. The van der Waals surface area contributed by atoms with E-state index in [1.807, 2.05) is 0 Å². The second-order valence-corrected chi connectivity index (χ2v) is 3.06. The molecular weight excluding hydrogens is 202 g/mol. The Labute approximate surface area is 59.1 Å². The van der Waals surface area contributed by atoms with E-state index in [-0.39, 0.29) is 0 Å². The Hall–Kier alpha value is 0.170. The smallest absolute Gasteiger partial charge is 0.371 e. The molecule has 8 heavy (non-hydrogen) atoms. The number of carbonyl (C=O) groups excluding carboxylic acids is 1. The molecule has 0 N–H and O–H groups in total. The van der Waals surface area contributed by atoms with Crippen LogP contribution in [0.1, 0.15) is 0 Å². The summed E-state index contributed by atoms with van der Waals surface area (Å²) < 4.78 is 13.3. The van der Waals surface area contributed by atoms with E-state index in [1.165, 1.54) is 0 Å². The van der Waals surface area contributed by atoms with Gasteiger partial charge in [0.2, 0.25) is 0 Å². The Morgan fingerprint density at radius 3 is 2.38 bits per heavy atom. The average molecular weight is 205 g/mol. The van der Waals surface area contributed by atoms with Crippen molar-refractivity contribution < 1.29 is 13.9 Å². The van der Waals surface area contributed by atoms with Gasteiger partial charge in [0.15, 0.2) is 0 Å². The van der Waals surface area contributed by atoms with Gasteiger partial charge in [0.1, 0.15) is 0 Å². The van der Waals surface area contributed by atoms with Crippen molar-refractivity contribution in [1.82, 2.24) is 0 Å². The summed E-state index contributed by atoms with van der Waals surface area (Å²) in [6.45, 7) is 0. The standard InChI is InChI=1S/C3H3BrClFO2/c1-8-2(7)3(4,5)6/h1H3/t3-/m0/s1. The Morgan fingerprint density at radius 2 is 2.38 bits per heavy atom. The fraction of sp³-hybridized carbons (Fsp3) is 0.667. The minimum absolute atomic E-state index is 1.04. The third-order valence-corrected chi connectivity index (χ3v) is 0.895. The van der Waals surface area contributed by atoms with Crippen molar-refractivity contribution in [3.63, 3.8) is 0 Å². The maximum absolute atomic E-state index is 12.0. The highest BCUT2D eigenvalue weighted by Crippen LogP contribution is 2.25. The highest BCUT2D eigenvalue weighted by Gasteiger charge is 2.33. The van der Waals surface area contributed by atoms with Crippen molar-refractivity contribution in [1.29, 1.82) is 0 Å². The highest BCUT2D eigenvalue weighted by molar-refractivity contribution is 9.10. The number of hydrogen-bond acceptors (Lipinski definition) is 2. The van der Waals surface area contributed by atoms with E-state index in [2.05, 4.69) is 20.7 Å². The number of methoxy groups -OCH3 is 1. The highest BCUT2D eigenvalue weighted by atomic mass is 79.9. The largest absolute Gasteiger partial charge is 0.465 e. The van der Waals surface area contributed by atoms with Crippen LogP contribution in [0.25, 0.3) is 0 Å². The zero-order valence-electron chi connectivity index (χ0n) is 3.95. The second-order valence-electron chi connectivity index (χ2n) is 0.989. The molecule has 0 aromatic heterocycles. The van der Waals surface area contributed by atoms with Gasteiger partial charge in [0, 0.05) is 0 Å². The van der Waals surface area contributed by atoms with Crippen LogP contribution in [0.15, 0.2) is 0 Å². The number of alkyl halides is 3. The number of ether oxygens (including phenoxy) is 1. The summed E-state index contributed by atoms with van der Waals surface area (Å²) in [4.78, 5) is 10.1. The molecule has 0 heterocycles. The molecule has 0 amide bonds. The molecule has 2 nitrogen and oxygen atoms in total. The van der Waals surface area contributed by atoms with E-state index in [4.69, 9.17) is 11.6 Å². The molecule has 0 unspecified atom stereocenters. The molecule has 0 spiro atoms. The Bertz CT molecular complexity index is 99.9. The van der Waals surface area contributed by atoms with Crippen LogP contribution in [0.3, 0.4) is 0 Å². The first-order valence-corrected chi connectivity index (χ1v) is 2.80. The zero-order valence-corrected chi connectivity index (χ0v) is 6.29. The van der Waals surface area contributed by atoms with Crippen LogP contribution < -0.4 is 0 Å². The topological polar surface area (TPSA) is 26.3 Å². The maximum Gasteiger partial charge on any atom is 0.371 e. The van der Waals surface area contributed by atoms with Crippen molar-refractivity contribution in [2.45, 2.75) is 4.04 Å². The first-order chi connectivity index (χ1) is 3.48. The first-order valence-electron chi connectivity index (χ1n) is 1.63. The van der Waals surface area contributed by atoms with Crippen LogP contribution in [0.5, 0.6) is 0 Å². The summed E-state index contributed by atoms with van der Waals surface area (Å²) in [5, 5.41) is 0. The van der Waals surface area contributed by atoms with Gasteiger partial charge in [-0.15, -0.1) is 0 Å². The van der Waals surface area contributed by atoms with E-state index >= 15 is 0 Å². The fourth-order valence-corrected chi connectivity index (χ4v) is 0.355. The summed E-state index contributed by atoms with van der Waals surface area (Å²) in [5.74, 6) is -1.15. The molecule has 0 fully saturated rings. The van der Waals surface area contributed by atoms with Crippen LogP contribution >= 0.6 is 27.5 Å². The first kappa shape index (κ1) is 8.17. The van der Waals surface area contributed by atoms with E-state index in [0.29, 0.717) is 0 Å². The normalized spacial score (nSPS) is 17.0. The maximum atomic E-state index is 12.0. The molecule has 0 aliphatic carbocycles. The third kappa shape index (κ3) is 2.47. The Morgan fingerprint density at radius 1 is 2.00 bits per heavy atom. The van der Waals surface area contributed by atoms with E-state index < -0.39 is 10.0 Å². The second kappa shape index (κ2) is 2.64. The number of carbonyl (C=O) groups is 1. The zero-order chi connectivity index (χ0) is 6.78. The molecule has 0 aromatic rings. The Kier molecular flexibility index (Phi) is 2.70. The summed E-state index contributed by atoms with van der Waals surface area (Å²) in [5.41, 5.74) is 0. The minimum Gasteiger partial charge on any atom is -0.465 e. The van der Waals surface area contributed by atoms with E-state index in [9.17, 15) is 9.18 Å². The number of halogens is 3. The van der Waals surface area contributed by atoms with Gasteiger partial charge in [-0.2, -0.15) is 0 Å². The molecule has 0 radical (unpaired) electrons. The fourth-order valence-electron chi connectivity index (χ4n) is 0.116. The van der Waals surface area contributed by atoms with Crippen LogP contribution in [-0.4, -0.2) is 17.1 Å². The van der Waals surface area contributed by atoms with Crippen molar-refractivity contribution in [2.24, 2.45) is 0 Å². The quantitative estimate of drug-likeness (QED) is 0.478. The lowest BCUT2D eigenvalue weighted by molar-refractivity contribution is -0.144. The predicted molar refractivity (Wildman–Crippen MR) is 30.6 cm³/mol.